The van der Waals surface area contributed by atoms with Crippen molar-refractivity contribution in [3.8, 4) is 28.7 Å². The third-order valence-electron chi connectivity index (χ3n) is 8.43. The highest BCUT2D eigenvalue weighted by atomic mass is 19.1. The van der Waals surface area contributed by atoms with Gasteiger partial charge in [-0.05, 0) is 103 Å². The number of anilines is 1. The number of benzene rings is 4. The number of allylic oxidation sites excluding steroid dienone is 1. The van der Waals surface area contributed by atoms with Gasteiger partial charge in [-0.25, -0.2) is 14.4 Å². The Morgan fingerprint density at radius 1 is 0.894 bits per heavy atom. The lowest BCUT2D eigenvalue weighted by Gasteiger charge is -2.23. The van der Waals surface area contributed by atoms with E-state index in [9.17, 15) is 4.79 Å². The van der Waals surface area contributed by atoms with Crippen LogP contribution in [0.2, 0.25) is 0 Å². The number of aromatic nitrogens is 2. The van der Waals surface area contributed by atoms with Crippen LogP contribution >= 0.6 is 0 Å². The van der Waals surface area contributed by atoms with Crippen LogP contribution in [0.1, 0.15) is 45.6 Å². The summed E-state index contributed by atoms with van der Waals surface area (Å²) in [4.78, 5) is 23.6. The Morgan fingerprint density at radius 3 is 2.43 bits per heavy atom. The van der Waals surface area contributed by atoms with Crippen molar-refractivity contribution in [2.24, 2.45) is 0 Å². The number of nitrogens with one attached hydrogen (secondary N) is 1. The molecule has 0 radical (unpaired) electrons. The van der Waals surface area contributed by atoms with Gasteiger partial charge in [0, 0.05) is 10.9 Å². The van der Waals surface area contributed by atoms with Crippen LogP contribution in [-0.2, 0) is 6.42 Å². The summed E-state index contributed by atoms with van der Waals surface area (Å²) in [6.07, 6.45) is 4.27. The Balaban J connectivity index is 1.26. The van der Waals surface area contributed by atoms with Crippen LogP contribution in [0.15, 0.2) is 77.2 Å². The molecule has 6 aromatic rings. The normalized spacial score (nSPS) is 13.5. The average molecular weight is 630 g/mol. The second-order valence-corrected chi connectivity index (χ2v) is 11.5. The Kier molecular flexibility index (Phi) is 7.81. The molecule has 0 fully saturated rings. The number of rotatable bonds is 7. The highest BCUT2D eigenvalue weighted by Crippen LogP contribution is 2.41. The lowest BCUT2D eigenvalue weighted by molar-refractivity contribution is 0.102. The van der Waals surface area contributed by atoms with Crippen LogP contribution in [0.5, 0.6) is 17.2 Å². The average Bonchev–Trinajstić information content (AvgIpc) is 3.51. The van der Waals surface area contributed by atoms with E-state index in [1.165, 1.54) is 12.1 Å². The van der Waals surface area contributed by atoms with E-state index in [0.29, 0.717) is 62.7 Å². The van der Waals surface area contributed by atoms with Crippen LogP contribution in [0.4, 0.5) is 10.1 Å². The van der Waals surface area contributed by atoms with Gasteiger partial charge in [-0.15, -0.1) is 0 Å². The van der Waals surface area contributed by atoms with Crippen molar-refractivity contribution in [3.63, 3.8) is 0 Å². The maximum atomic E-state index is 15.5. The van der Waals surface area contributed by atoms with Gasteiger partial charge in [-0.3, -0.25) is 4.79 Å². The van der Waals surface area contributed by atoms with Crippen LogP contribution in [0, 0.1) is 12.7 Å². The van der Waals surface area contributed by atoms with E-state index in [1.807, 2.05) is 67.6 Å². The van der Waals surface area contributed by atoms with Gasteiger partial charge in [0.25, 0.3) is 5.91 Å². The molecule has 1 N–H and O–H groups in total. The molecule has 0 saturated heterocycles. The second kappa shape index (κ2) is 12.2. The Bertz CT molecular complexity index is 2200. The van der Waals surface area contributed by atoms with Gasteiger partial charge in [-0.2, -0.15) is 0 Å². The Labute approximate surface area is 270 Å². The molecule has 0 saturated carbocycles. The molecule has 0 spiro atoms. The molecule has 236 valence electrons. The van der Waals surface area contributed by atoms with Crippen molar-refractivity contribution in [1.82, 2.24) is 9.97 Å². The third-order valence-corrected chi connectivity index (χ3v) is 8.43. The zero-order valence-electron chi connectivity index (χ0n) is 26.4. The molecular formula is C38H32FN3O5. The van der Waals surface area contributed by atoms with Gasteiger partial charge in [0.1, 0.15) is 11.3 Å². The van der Waals surface area contributed by atoms with Crippen LogP contribution in [0.25, 0.3) is 45.1 Å². The molecular weight excluding hydrogens is 597 g/mol. The minimum atomic E-state index is -0.593. The van der Waals surface area contributed by atoms with Crippen LogP contribution in [-0.4, -0.2) is 37.2 Å². The van der Waals surface area contributed by atoms with Gasteiger partial charge < -0.3 is 23.9 Å². The zero-order chi connectivity index (χ0) is 32.7. The van der Waals surface area contributed by atoms with E-state index in [4.69, 9.17) is 23.6 Å². The van der Waals surface area contributed by atoms with Gasteiger partial charge in [0.2, 0.25) is 11.6 Å². The number of amides is 1. The maximum Gasteiger partial charge on any atom is 0.256 e. The SMILES string of the molecule is COc1cc(/C=C2/CCCc3c2nc2ccccc2c3C(=O)Nc2ccc(-c3nc4cc(C)ccc4o3)cc2F)cc(OC)c1OC. The molecule has 4 aromatic carbocycles. The third kappa shape index (κ3) is 5.54. The summed E-state index contributed by atoms with van der Waals surface area (Å²) in [7, 11) is 4.72. The summed E-state index contributed by atoms with van der Waals surface area (Å²) in [5.74, 6) is 0.903. The van der Waals surface area contributed by atoms with Crippen molar-refractivity contribution in [2.75, 3.05) is 26.6 Å². The van der Waals surface area contributed by atoms with Crippen molar-refractivity contribution < 1.29 is 27.8 Å². The Hall–Kier alpha value is -5.70. The number of oxazole rings is 1. The van der Waals surface area contributed by atoms with Crippen molar-refractivity contribution >= 4 is 45.2 Å². The molecule has 1 aliphatic rings. The van der Waals surface area contributed by atoms with Crippen LogP contribution in [0.3, 0.4) is 0 Å². The maximum absolute atomic E-state index is 15.5. The fourth-order valence-corrected chi connectivity index (χ4v) is 6.22. The minimum Gasteiger partial charge on any atom is -0.493 e. The molecule has 0 bridgehead atoms. The molecule has 0 atom stereocenters. The number of nitrogens with zero attached hydrogens (tertiary/aromatic N) is 2. The topological polar surface area (TPSA) is 95.7 Å². The molecule has 7 rings (SSSR count). The number of halogens is 1. The lowest BCUT2D eigenvalue weighted by Crippen LogP contribution is -2.19. The first-order chi connectivity index (χ1) is 22.9. The quantitative estimate of drug-likeness (QED) is 0.189. The number of hydrogen-bond donors (Lipinski definition) is 1. The summed E-state index contributed by atoms with van der Waals surface area (Å²) in [6, 6.07) is 21.5. The van der Waals surface area contributed by atoms with Gasteiger partial charge >= 0.3 is 0 Å². The summed E-state index contributed by atoms with van der Waals surface area (Å²) in [5, 5.41) is 3.53. The number of aryl methyl sites for hydroxylation is 1. The first-order valence-corrected chi connectivity index (χ1v) is 15.3. The molecule has 2 aromatic heterocycles. The lowest BCUT2D eigenvalue weighted by atomic mass is 9.85. The van der Waals surface area contributed by atoms with Crippen molar-refractivity contribution in [2.45, 2.75) is 26.2 Å². The number of carbonyl (C=O) groups excluding carboxylic acids is 1. The van der Waals surface area contributed by atoms with Crippen molar-refractivity contribution in [3.05, 3.63) is 107 Å². The van der Waals surface area contributed by atoms with E-state index in [0.717, 1.165) is 40.8 Å². The molecule has 1 aliphatic carbocycles. The summed E-state index contributed by atoms with van der Waals surface area (Å²) < 4.78 is 38.0. The minimum absolute atomic E-state index is 0.0596. The van der Waals surface area contributed by atoms with Crippen LogP contribution < -0.4 is 19.5 Å². The molecule has 2 heterocycles. The smallest absolute Gasteiger partial charge is 0.256 e. The number of para-hydroxylation sites is 1. The van der Waals surface area contributed by atoms with E-state index in [-0.39, 0.29) is 5.69 Å². The monoisotopic (exact) mass is 629 g/mol. The fourth-order valence-electron chi connectivity index (χ4n) is 6.22. The largest absolute Gasteiger partial charge is 0.493 e. The predicted octanol–water partition coefficient (Wildman–Crippen LogP) is 8.65. The molecule has 47 heavy (non-hydrogen) atoms. The number of hydrogen-bond acceptors (Lipinski definition) is 7. The van der Waals surface area contributed by atoms with E-state index >= 15 is 4.39 Å². The van der Waals surface area contributed by atoms with Gasteiger partial charge in [-0.1, -0.05) is 24.3 Å². The van der Waals surface area contributed by atoms with Crippen molar-refractivity contribution in [1.29, 1.82) is 0 Å². The highest BCUT2D eigenvalue weighted by molar-refractivity contribution is 6.14. The fraction of sp³-hybridized carbons (Fsp3) is 0.184. The van der Waals surface area contributed by atoms with Gasteiger partial charge in [0.05, 0.1) is 43.8 Å². The molecule has 9 heteroatoms. The summed E-state index contributed by atoms with van der Waals surface area (Å²) in [5.41, 5.74) is 7.46. The predicted molar refractivity (Wildman–Crippen MR) is 181 cm³/mol. The van der Waals surface area contributed by atoms with E-state index < -0.39 is 11.7 Å². The number of pyridine rings is 1. The second-order valence-electron chi connectivity index (χ2n) is 11.5. The summed E-state index contributed by atoms with van der Waals surface area (Å²) in [6.45, 7) is 1.97. The molecule has 0 aliphatic heterocycles. The van der Waals surface area contributed by atoms with E-state index in [1.54, 1.807) is 27.4 Å². The number of carbonyl (C=O) groups is 1. The first-order valence-electron chi connectivity index (χ1n) is 15.3. The van der Waals surface area contributed by atoms with E-state index in [2.05, 4.69) is 10.3 Å². The number of ether oxygens (including phenoxy) is 3. The zero-order valence-corrected chi connectivity index (χ0v) is 26.4. The van der Waals surface area contributed by atoms with Gasteiger partial charge in [0.15, 0.2) is 17.1 Å². The standard InChI is InChI=1S/C38H32FN3O5/c1-21-12-15-31-30(16-21)42-38(47-31)24-13-14-29(27(39)20-24)41-37(43)34-25-9-5-6-11-28(25)40-35-23(8-7-10-26(34)35)17-22-18-32(44-2)36(46-4)33(19-22)45-3/h5-6,9,11-20H,7-8,10H2,1-4H3,(H,41,43)/b23-17-. The summed E-state index contributed by atoms with van der Waals surface area (Å²) >= 11 is 0. The first kappa shape index (κ1) is 30.0. The molecule has 0 unspecified atom stereocenters. The highest BCUT2D eigenvalue weighted by Gasteiger charge is 2.26. The Morgan fingerprint density at radius 2 is 1.68 bits per heavy atom. The molecule has 1 amide bonds. The number of fused-ring (bicyclic) bond motifs is 3. The molecule has 8 nitrogen and oxygen atoms in total. The number of methoxy groups -OCH3 is 3.